The SMILES string of the molecule is OCC#Cc1ccc(OCCOC2CCCC2)cc1. The molecule has 2 rings (SSSR count). The molecule has 1 aromatic rings. The van der Waals surface area contributed by atoms with Crippen molar-refractivity contribution in [2.24, 2.45) is 0 Å². The topological polar surface area (TPSA) is 38.7 Å². The second kappa shape index (κ2) is 7.83. The lowest BCUT2D eigenvalue weighted by Gasteiger charge is -2.11. The van der Waals surface area contributed by atoms with Gasteiger partial charge in [0.2, 0.25) is 0 Å². The molecule has 1 aliphatic carbocycles. The van der Waals surface area contributed by atoms with E-state index in [9.17, 15) is 0 Å². The Balaban J connectivity index is 1.67. The van der Waals surface area contributed by atoms with Crippen molar-refractivity contribution >= 4 is 0 Å². The van der Waals surface area contributed by atoms with E-state index in [-0.39, 0.29) is 6.61 Å². The molecule has 0 aliphatic heterocycles. The lowest BCUT2D eigenvalue weighted by Crippen LogP contribution is -2.13. The van der Waals surface area contributed by atoms with Crippen LogP contribution in [0.3, 0.4) is 0 Å². The molecule has 0 unspecified atom stereocenters. The van der Waals surface area contributed by atoms with E-state index in [0.717, 1.165) is 11.3 Å². The highest BCUT2D eigenvalue weighted by Crippen LogP contribution is 2.20. The maximum absolute atomic E-state index is 8.60. The summed E-state index contributed by atoms with van der Waals surface area (Å²) in [6.45, 7) is 1.12. The van der Waals surface area contributed by atoms with E-state index in [4.69, 9.17) is 14.6 Å². The molecule has 0 bridgehead atoms. The summed E-state index contributed by atoms with van der Waals surface area (Å²) in [5.41, 5.74) is 0.878. The van der Waals surface area contributed by atoms with Crippen LogP contribution in [0.25, 0.3) is 0 Å². The minimum atomic E-state index is -0.114. The van der Waals surface area contributed by atoms with Crippen LogP contribution >= 0.6 is 0 Å². The molecule has 0 aromatic heterocycles. The van der Waals surface area contributed by atoms with Crippen molar-refractivity contribution in [1.82, 2.24) is 0 Å². The summed E-state index contributed by atoms with van der Waals surface area (Å²) in [5, 5.41) is 8.60. The first-order valence-electron chi connectivity index (χ1n) is 6.82. The molecular formula is C16H20O3. The molecule has 1 aliphatic rings. The molecule has 0 saturated heterocycles. The van der Waals surface area contributed by atoms with Crippen molar-refractivity contribution in [1.29, 1.82) is 0 Å². The van der Waals surface area contributed by atoms with Crippen LogP contribution in [-0.4, -0.2) is 31.0 Å². The van der Waals surface area contributed by atoms with Gasteiger partial charge in [-0.15, -0.1) is 0 Å². The molecule has 0 radical (unpaired) electrons. The zero-order valence-electron chi connectivity index (χ0n) is 11.1. The number of benzene rings is 1. The van der Waals surface area contributed by atoms with Crippen LogP contribution in [0.2, 0.25) is 0 Å². The highest BCUT2D eigenvalue weighted by molar-refractivity contribution is 5.38. The number of aliphatic hydroxyl groups excluding tert-OH is 1. The van der Waals surface area contributed by atoms with E-state index in [1.54, 1.807) is 0 Å². The molecule has 3 nitrogen and oxygen atoms in total. The van der Waals surface area contributed by atoms with Crippen molar-refractivity contribution in [3.8, 4) is 17.6 Å². The van der Waals surface area contributed by atoms with Crippen LogP contribution in [0.5, 0.6) is 5.75 Å². The standard InChI is InChI=1S/C16H20O3/c17-11-3-4-14-7-9-16(10-8-14)19-13-12-18-15-5-1-2-6-15/h7-10,15,17H,1-2,5-6,11-13H2. The Hall–Kier alpha value is -1.50. The zero-order chi connectivity index (χ0) is 13.3. The maximum atomic E-state index is 8.60. The lowest BCUT2D eigenvalue weighted by molar-refractivity contribution is 0.0382. The van der Waals surface area contributed by atoms with Gasteiger partial charge in [0.05, 0.1) is 12.7 Å². The van der Waals surface area contributed by atoms with Crippen LogP contribution in [0.15, 0.2) is 24.3 Å². The molecule has 1 saturated carbocycles. The van der Waals surface area contributed by atoms with Gasteiger partial charge in [-0.1, -0.05) is 24.7 Å². The Morgan fingerprint density at radius 1 is 1.11 bits per heavy atom. The third-order valence-electron chi connectivity index (χ3n) is 3.17. The smallest absolute Gasteiger partial charge is 0.119 e. The molecule has 1 N–H and O–H groups in total. The third-order valence-corrected chi connectivity index (χ3v) is 3.17. The number of hydrogen-bond acceptors (Lipinski definition) is 3. The van der Waals surface area contributed by atoms with E-state index in [0.29, 0.717) is 19.3 Å². The molecule has 102 valence electrons. The Morgan fingerprint density at radius 3 is 2.53 bits per heavy atom. The van der Waals surface area contributed by atoms with Gasteiger partial charge in [0.1, 0.15) is 19.0 Å². The quantitative estimate of drug-likeness (QED) is 0.652. The summed E-state index contributed by atoms with van der Waals surface area (Å²) in [4.78, 5) is 0. The molecule has 0 atom stereocenters. The summed E-state index contributed by atoms with van der Waals surface area (Å²) in [6, 6.07) is 7.54. The van der Waals surface area contributed by atoms with E-state index < -0.39 is 0 Å². The van der Waals surface area contributed by atoms with Crippen molar-refractivity contribution in [3.05, 3.63) is 29.8 Å². The van der Waals surface area contributed by atoms with Crippen LogP contribution < -0.4 is 4.74 Å². The third kappa shape index (κ3) is 4.94. The fourth-order valence-electron chi connectivity index (χ4n) is 2.21. The fourth-order valence-corrected chi connectivity index (χ4v) is 2.21. The van der Waals surface area contributed by atoms with E-state index in [2.05, 4.69) is 11.8 Å². The van der Waals surface area contributed by atoms with E-state index >= 15 is 0 Å². The van der Waals surface area contributed by atoms with Crippen molar-refractivity contribution in [2.75, 3.05) is 19.8 Å². The molecule has 1 fully saturated rings. The van der Waals surface area contributed by atoms with Gasteiger partial charge >= 0.3 is 0 Å². The Kier molecular flexibility index (Phi) is 5.74. The lowest BCUT2D eigenvalue weighted by atomic mass is 10.2. The average molecular weight is 260 g/mol. The van der Waals surface area contributed by atoms with Gasteiger partial charge in [0, 0.05) is 5.56 Å². The van der Waals surface area contributed by atoms with Crippen LogP contribution in [0, 0.1) is 11.8 Å². The van der Waals surface area contributed by atoms with Crippen molar-refractivity contribution in [3.63, 3.8) is 0 Å². The summed E-state index contributed by atoms with van der Waals surface area (Å²) in [5.74, 6) is 6.28. The van der Waals surface area contributed by atoms with Crippen LogP contribution in [0.4, 0.5) is 0 Å². The highest BCUT2D eigenvalue weighted by Gasteiger charge is 2.14. The molecule has 0 amide bonds. The van der Waals surface area contributed by atoms with Gasteiger partial charge in [0.25, 0.3) is 0 Å². The Bertz CT molecular complexity index is 422. The fraction of sp³-hybridized carbons (Fsp3) is 0.500. The van der Waals surface area contributed by atoms with Gasteiger partial charge in [-0.25, -0.2) is 0 Å². The molecule has 3 heteroatoms. The highest BCUT2D eigenvalue weighted by atomic mass is 16.5. The maximum Gasteiger partial charge on any atom is 0.119 e. The van der Waals surface area contributed by atoms with Crippen LogP contribution in [0.1, 0.15) is 31.2 Å². The largest absolute Gasteiger partial charge is 0.491 e. The van der Waals surface area contributed by atoms with Crippen molar-refractivity contribution < 1.29 is 14.6 Å². The zero-order valence-corrected chi connectivity index (χ0v) is 11.1. The molecular weight excluding hydrogens is 240 g/mol. The molecule has 0 heterocycles. The van der Waals surface area contributed by atoms with E-state index in [1.165, 1.54) is 25.7 Å². The summed E-state index contributed by atoms with van der Waals surface area (Å²) >= 11 is 0. The number of aliphatic hydroxyl groups is 1. The first-order chi connectivity index (χ1) is 9.38. The van der Waals surface area contributed by atoms with Gasteiger partial charge in [-0.2, -0.15) is 0 Å². The Labute approximate surface area is 114 Å². The predicted octanol–water partition coefficient (Wildman–Crippen LogP) is 2.37. The number of rotatable bonds is 5. The first-order valence-corrected chi connectivity index (χ1v) is 6.82. The predicted molar refractivity (Wildman–Crippen MR) is 74.1 cm³/mol. The van der Waals surface area contributed by atoms with Gasteiger partial charge in [-0.3, -0.25) is 0 Å². The second-order valence-electron chi connectivity index (χ2n) is 4.61. The summed E-state index contributed by atoms with van der Waals surface area (Å²) < 4.78 is 11.3. The minimum absolute atomic E-state index is 0.114. The van der Waals surface area contributed by atoms with Gasteiger partial charge in [-0.05, 0) is 37.1 Å². The summed E-state index contributed by atoms with van der Waals surface area (Å²) in [6.07, 6.45) is 5.42. The minimum Gasteiger partial charge on any atom is -0.491 e. The van der Waals surface area contributed by atoms with Crippen LogP contribution in [-0.2, 0) is 4.74 Å². The first kappa shape index (κ1) is 13.9. The van der Waals surface area contributed by atoms with E-state index in [1.807, 2.05) is 24.3 Å². The summed E-state index contributed by atoms with van der Waals surface area (Å²) in [7, 11) is 0. The Morgan fingerprint density at radius 2 is 1.84 bits per heavy atom. The molecule has 0 spiro atoms. The number of ether oxygens (including phenoxy) is 2. The van der Waals surface area contributed by atoms with Gasteiger partial charge in [0.15, 0.2) is 0 Å². The average Bonchev–Trinajstić information content (AvgIpc) is 2.96. The van der Waals surface area contributed by atoms with Crippen molar-refractivity contribution in [2.45, 2.75) is 31.8 Å². The molecule has 19 heavy (non-hydrogen) atoms. The second-order valence-corrected chi connectivity index (χ2v) is 4.61. The molecule has 1 aromatic carbocycles. The monoisotopic (exact) mass is 260 g/mol. The number of hydrogen-bond donors (Lipinski definition) is 1. The van der Waals surface area contributed by atoms with Gasteiger partial charge < -0.3 is 14.6 Å². The normalized spacial score (nSPS) is 15.0.